The molecule has 0 aliphatic carbocycles. The van der Waals surface area contributed by atoms with E-state index >= 15 is 0 Å². The number of likely N-dealkylation sites (tertiary alicyclic amines) is 1. The molecule has 1 aromatic heterocycles. The molecule has 5 heteroatoms. The van der Waals surface area contributed by atoms with Crippen LogP contribution in [0.3, 0.4) is 0 Å². The third-order valence-electron chi connectivity index (χ3n) is 5.53. The first kappa shape index (κ1) is 17.9. The van der Waals surface area contributed by atoms with Gasteiger partial charge in [-0.3, -0.25) is 4.90 Å². The van der Waals surface area contributed by atoms with Crippen LogP contribution in [-0.4, -0.2) is 34.7 Å². The van der Waals surface area contributed by atoms with Crippen molar-refractivity contribution in [2.75, 3.05) is 19.6 Å². The van der Waals surface area contributed by atoms with Gasteiger partial charge in [-0.1, -0.05) is 59.8 Å². The van der Waals surface area contributed by atoms with E-state index in [0.29, 0.717) is 37.2 Å². The predicted molar refractivity (Wildman–Crippen MR) is 105 cm³/mol. The maximum Gasteiger partial charge on any atom is 0.240 e. The predicted octanol–water partition coefficient (Wildman–Crippen LogP) is 3.14. The van der Waals surface area contributed by atoms with Crippen molar-refractivity contribution < 1.29 is 4.52 Å². The van der Waals surface area contributed by atoms with Gasteiger partial charge in [0.1, 0.15) is 0 Å². The molecule has 3 aromatic rings. The molecule has 1 aliphatic heterocycles. The summed E-state index contributed by atoms with van der Waals surface area (Å²) in [6, 6.07) is 19.0. The number of rotatable bonds is 6. The molecule has 2 N–H and O–H groups in total. The van der Waals surface area contributed by atoms with Crippen LogP contribution in [0.1, 0.15) is 34.3 Å². The van der Waals surface area contributed by atoms with Gasteiger partial charge in [-0.05, 0) is 36.1 Å². The van der Waals surface area contributed by atoms with Crippen LogP contribution in [0.2, 0.25) is 0 Å². The lowest BCUT2D eigenvalue weighted by molar-refractivity contribution is 0.259. The molecule has 5 nitrogen and oxygen atoms in total. The molecule has 1 fully saturated rings. The summed E-state index contributed by atoms with van der Waals surface area (Å²) in [4.78, 5) is 6.98. The topological polar surface area (TPSA) is 68.2 Å². The zero-order valence-corrected chi connectivity index (χ0v) is 15.7. The molecule has 0 bridgehead atoms. The Bertz CT molecular complexity index is 877. The van der Waals surface area contributed by atoms with E-state index in [1.54, 1.807) is 0 Å². The fraction of sp³-hybridized carbons (Fsp3) is 0.364. The van der Waals surface area contributed by atoms with Crippen molar-refractivity contribution >= 4 is 0 Å². The summed E-state index contributed by atoms with van der Waals surface area (Å²) in [5, 5.41) is 4.17. The van der Waals surface area contributed by atoms with Crippen LogP contribution >= 0.6 is 0 Å². The average Bonchev–Trinajstić information content (AvgIpc) is 3.31. The Kier molecular flexibility index (Phi) is 5.32. The van der Waals surface area contributed by atoms with Gasteiger partial charge < -0.3 is 10.3 Å². The molecule has 4 rings (SSSR count). The normalized spacial score (nSPS) is 20.2. The summed E-state index contributed by atoms with van der Waals surface area (Å²) in [5.74, 6) is 2.35. The quantitative estimate of drug-likeness (QED) is 0.730. The van der Waals surface area contributed by atoms with Gasteiger partial charge in [0, 0.05) is 25.4 Å². The third-order valence-corrected chi connectivity index (χ3v) is 5.53. The Morgan fingerprint density at radius 2 is 1.85 bits per heavy atom. The van der Waals surface area contributed by atoms with Gasteiger partial charge in [-0.25, -0.2) is 0 Å². The molecule has 0 saturated carbocycles. The zero-order valence-electron chi connectivity index (χ0n) is 15.7. The second-order valence-corrected chi connectivity index (χ2v) is 7.41. The van der Waals surface area contributed by atoms with Crippen molar-refractivity contribution in [2.24, 2.45) is 11.7 Å². The summed E-state index contributed by atoms with van der Waals surface area (Å²) in [6.07, 6.45) is 0.703. The highest BCUT2D eigenvalue weighted by Crippen LogP contribution is 2.32. The Labute approximate surface area is 160 Å². The largest absolute Gasteiger partial charge is 0.338 e. The Morgan fingerprint density at radius 1 is 1.07 bits per heavy atom. The van der Waals surface area contributed by atoms with Crippen molar-refractivity contribution in [3.63, 3.8) is 0 Å². The number of aromatic nitrogens is 2. The Morgan fingerprint density at radius 3 is 2.63 bits per heavy atom. The second-order valence-electron chi connectivity index (χ2n) is 7.41. The monoisotopic (exact) mass is 362 g/mol. The molecule has 0 spiro atoms. The molecule has 2 aromatic carbocycles. The number of nitrogens with zero attached hydrogens (tertiary/aromatic N) is 3. The summed E-state index contributed by atoms with van der Waals surface area (Å²) in [7, 11) is 0. The standard InChI is InChI=1S/C22H26N4O/c1-16-7-5-6-10-18(16)11-21-24-22(27-25-21)15-26-13-19(12-23)20(14-26)17-8-3-2-4-9-17/h2-10,19-20H,11-15,23H2,1H3/t19-,20+/m1/s1. The molecule has 2 atom stereocenters. The fourth-order valence-electron chi connectivity index (χ4n) is 4.00. The van der Waals surface area contributed by atoms with Crippen LogP contribution in [0.15, 0.2) is 59.1 Å². The smallest absolute Gasteiger partial charge is 0.240 e. The van der Waals surface area contributed by atoms with Crippen LogP contribution in [0, 0.1) is 12.8 Å². The zero-order chi connectivity index (χ0) is 18.6. The molecule has 2 heterocycles. The minimum atomic E-state index is 0.460. The highest BCUT2D eigenvalue weighted by Gasteiger charge is 2.33. The first-order chi connectivity index (χ1) is 13.2. The van der Waals surface area contributed by atoms with Gasteiger partial charge in [0.2, 0.25) is 5.89 Å². The SMILES string of the molecule is Cc1ccccc1Cc1noc(CN2C[C@@H](CN)[C@H](c3ccccc3)C2)n1. The number of hydrogen-bond donors (Lipinski definition) is 1. The van der Waals surface area contributed by atoms with Crippen LogP contribution in [0.5, 0.6) is 0 Å². The molecular weight excluding hydrogens is 336 g/mol. The minimum Gasteiger partial charge on any atom is -0.338 e. The minimum absolute atomic E-state index is 0.460. The summed E-state index contributed by atoms with van der Waals surface area (Å²) in [6.45, 7) is 5.42. The maximum absolute atomic E-state index is 6.04. The van der Waals surface area contributed by atoms with Crippen molar-refractivity contribution in [3.8, 4) is 0 Å². The van der Waals surface area contributed by atoms with E-state index in [4.69, 9.17) is 10.3 Å². The first-order valence-corrected chi connectivity index (χ1v) is 9.56. The van der Waals surface area contributed by atoms with Gasteiger partial charge in [0.05, 0.1) is 6.54 Å². The molecule has 0 amide bonds. The van der Waals surface area contributed by atoms with Crippen molar-refractivity contribution in [1.82, 2.24) is 15.0 Å². The molecule has 1 aliphatic rings. The lowest BCUT2D eigenvalue weighted by Crippen LogP contribution is -2.23. The van der Waals surface area contributed by atoms with E-state index in [1.165, 1.54) is 16.7 Å². The second kappa shape index (κ2) is 8.03. The maximum atomic E-state index is 6.04. The Balaban J connectivity index is 1.41. The average molecular weight is 362 g/mol. The number of aryl methyl sites for hydroxylation is 1. The molecule has 0 radical (unpaired) electrons. The van der Waals surface area contributed by atoms with Crippen molar-refractivity contribution in [2.45, 2.75) is 25.8 Å². The molecule has 27 heavy (non-hydrogen) atoms. The lowest BCUT2D eigenvalue weighted by Gasteiger charge is -2.16. The first-order valence-electron chi connectivity index (χ1n) is 9.56. The van der Waals surface area contributed by atoms with Gasteiger partial charge in [0.15, 0.2) is 5.82 Å². The van der Waals surface area contributed by atoms with E-state index in [0.717, 1.165) is 18.9 Å². The van der Waals surface area contributed by atoms with Crippen LogP contribution in [-0.2, 0) is 13.0 Å². The Hall–Kier alpha value is -2.50. The molecule has 1 saturated heterocycles. The summed E-state index contributed by atoms with van der Waals surface area (Å²) >= 11 is 0. The van der Waals surface area contributed by atoms with Crippen LogP contribution < -0.4 is 5.73 Å². The van der Waals surface area contributed by atoms with E-state index in [1.807, 2.05) is 12.1 Å². The molecule has 0 unspecified atom stereocenters. The van der Waals surface area contributed by atoms with E-state index in [-0.39, 0.29) is 0 Å². The number of hydrogen-bond acceptors (Lipinski definition) is 5. The van der Waals surface area contributed by atoms with Gasteiger partial charge in [-0.15, -0.1) is 0 Å². The number of benzene rings is 2. The van der Waals surface area contributed by atoms with Crippen LogP contribution in [0.25, 0.3) is 0 Å². The molecular formula is C22H26N4O. The fourth-order valence-corrected chi connectivity index (χ4v) is 4.00. The highest BCUT2D eigenvalue weighted by molar-refractivity contribution is 5.28. The summed E-state index contributed by atoms with van der Waals surface area (Å²) < 4.78 is 5.51. The lowest BCUT2D eigenvalue weighted by atomic mass is 9.89. The van der Waals surface area contributed by atoms with Gasteiger partial charge >= 0.3 is 0 Å². The van der Waals surface area contributed by atoms with Gasteiger partial charge in [0.25, 0.3) is 0 Å². The van der Waals surface area contributed by atoms with E-state index < -0.39 is 0 Å². The van der Waals surface area contributed by atoms with E-state index in [9.17, 15) is 0 Å². The van der Waals surface area contributed by atoms with Crippen molar-refractivity contribution in [1.29, 1.82) is 0 Å². The number of nitrogens with two attached hydrogens (primary N) is 1. The third kappa shape index (κ3) is 4.10. The van der Waals surface area contributed by atoms with Gasteiger partial charge in [-0.2, -0.15) is 4.98 Å². The van der Waals surface area contributed by atoms with Crippen molar-refractivity contribution in [3.05, 3.63) is 83.0 Å². The van der Waals surface area contributed by atoms with E-state index in [2.05, 4.69) is 64.4 Å². The highest BCUT2D eigenvalue weighted by atomic mass is 16.5. The summed E-state index contributed by atoms with van der Waals surface area (Å²) in [5.41, 5.74) is 9.89. The molecule has 140 valence electrons. The van der Waals surface area contributed by atoms with Crippen LogP contribution in [0.4, 0.5) is 0 Å².